The van der Waals surface area contributed by atoms with Gasteiger partial charge in [0.15, 0.2) is 0 Å². The quantitative estimate of drug-likeness (QED) is 0.622. The normalized spacial score (nSPS) is 27.6. The number of hydrogen-bond acceptors (Lipinski definition) is 3. The van der Waals surface area contributed by atoms with E-state index in [-0.39, 0.29) is 6.54 Å². The maximum absolute atomic E-state index is 11.2. The van der Waals surface area contributed by atoms with E-state index in [0.29, 0.717) is 13.0 Å². The van der Waals surface area contributed by atoms with Gasteiger partial charge in [-0.1, -0.05) is 6.92 Å². The minimum Gasteiger partial charge on any atom is -0.480 e. The monoisotopic (exact) mass is 208 g/mol. The van der Waals surface area contributed by atoms with E-state index in [1.54, 1.807) is 0 Å². The topological polar surface area (TPSA) is 86.7 Å². The van der Waals surface area contributed by atoms with Crippen LogP contribution in [0.25, 0.3) is 0 Å². The minimum absolute atomic E-state index is 0.0194. The zero-order valence-electron chi connectivity index (χ0n) is 7.23. The molecule has 0 aliphatic carbocycles. The number of rotatable bonds is 3. The fourth-order valence-electron chi connectivity index (χ4n) is 1.18. The van der Waals surface area contributed by atoms with Crippen molar-refractivity contribution in [3.05, 3.63) is 0 Å². The Kier molecular flexibility index (Phi) is 2.89. The molecule has 0 saturated carbocycles. The molecule has 1 unspecified atom stereocenters. The van der Waals surface area contributed by atoms with Crippen LogP contribution < -0.4 is 4.72 Å². The molecule has 1 aliphatic rings. The smallest absolute Gasteiger partial charge is 0.323 e. The number of carboxylic acids is 1. The molecule has 0 spiro atoms. The van der Waals surface area contributed by atoms with Crippen molar-refractivity contribution in [1.82, 2.24) is 9.03 Å². The van der Waals surface area contributed by atoms with Gasteiger partial charge in [-0.2, -0.15) is 17.4 Å². The van der Waals surface area contributed by atoms with Gasteiger partial charge < -0.3 is 5.11 Å². The van der Waals surface area contributed by atoms with Crippen LogP contribution in [0.1, 0.15) is 13.3 Å². The summed E-state index contributed by atoms with van der Waals surface area (Å²) in [6, 6.07) is -1.00. The molecular formula is C6H12N2O4S. The van der Waals surface area contributed by atoms with Gasteiger partial charge in [0.05, 0.1) is 0 Å². The molecule has 0 amide bonds. The molecule has 7 heteroatoms. The Morgan fingerprint density at radius 1 is 1.69 bits per heavy atom. The van der Waals surface area contributed by atoms with E-state index in [0.717, 1.165) is 4.31 Å². The largest absolute Gasteiger partial charge is 0.480 e. The van der Waals surface area contributed by atoms with E-state index in [1.165, 1.54) is 0 Å². The first-order valence-corrected chi connectivity index (χ1v) is 5.41. The first-order valence-electron chi connectivity index (χ1n) is 3.97. The first-order chi connectivity index (χ1) is 5.97. The van der Waals surface area contributed by atoms with E-state index in [2.05, 4.69) is 4.72 Å². The van der Waals surface area contributed by atoms with E-state index in [9.17, 15) is 13.2 Å². The Morgan fingerprint density at radius 2 is 2.31 bits per heavy atom. The summed E-state index contributed by atoms with van der Waals surface area (Å²) in [7, 11) is -3.54. The Morgan fingerprint density at radius 3 is 2.69 bits per heavy atom. The molecule has 1 rings (SSSR count). The summed E-state index contributed by atoms with van der Waals surface area (Å²) in [6.07, 6.45) is 0.674. The van der Waals surface area contributed by atoms with Crippen LogP contribution in [-0.2, 0) is 15.0 Å². The predicted octanol–water partition coefficient (Wildman–Crippen LogP) is -1.00. The van der Waals surface area contributed by atoms with Gasteiger partial charge in [0.25, 0.3) is 10.2 Å². The lowest BCUT2D eigenvalue weighted by molar-refractivity contribution is -0.138. The van der Waals surface area contributed by atoms with Crippen LogP contribution >= 0.6 is 0 Å². The van der Waals surface area contributed by atoms with E-state index in [1.807, 2.05) is 6.92 Å². The van der Waals surface area contributed by atoms with Crippen molar-refractivity contribution >= 4 is 16.2 Å². The maximum Gasteiger partial charge on any atom is 0.323 e. The Hall–Kier alpha value is -0.660. The van der Waals surface area contributed by atoms with Gasteiger partial charge in [0.1, 0.15) is 6.04 Å². The van der Waals surface area contributed by atoms with E-state index in [4.69, 9.17) is 5.11 Å². The summed E-state index contributed by atoms with van der Waals surface area (Å²) in [4.78, 5) is 10.5. The van der Waals surface area contributed by atoms with E-state index >= 15 is 0 Å². The summed E-state index contributed by atoms with van der Waals surface area (Å²) in [5.41, 5.74) is 0. The predicted molar refractivity (Wildman–Crippen MR) is 45.3 cm³/mol. The molecule has 0 aromatic heterocycles. The zero-order chi connectivity index (χ0) is 10.1. The highest BCUT2D eigenvalue weighted by Crippen LogP contribution is 2.10. The molecule has 0 aromatic carbocycles. The van der Waals surface area contributed by atoms with Crippen molar-refractivity contribution in [2.24, 2.45) is 0 Å². The Labute approximate surface area is 76.7 Å². The molecule has 0 radical (unpaired) electrons. The van der Waals surface area contributed by atoms with Crippen molar-refractivity contribution < 1.29 is 18.3 Å². The highest BCUT2D eigenvalue weighted by Gasteiger charge is 2.38. The maximum atomic E-state index is 11.2. The van der Waals surface area contributed by atoms with Gasteiger partial charge in [-0.3, -0.25) is 4.79 Å². The summed E-state index contributed by atoms with van der Waals surface area (Å²) in [6.45, 7) is 2.22. The van der Waals surface area contributed by atoms with Crippen LogP contribution in [-0.4, -0.2) is 42.9 Å². The van der Waals surface area contributed by atoms with Crippen molar-refractivity contribution in [1.29, 1.82) is 0 Å². The summed E-state index contributed by atoms with van der Waals surface area (Å²) >= 11 is 0. The number of nitrogens with one attached hydrogen (secondary N) is 1. The van der Waals surface area contributed by atoms with Crippen molar-refractivity contribution in [3.8, 4) is 0 Å². The molecule has 2 N–H and O–H groups in total. The molecule has 1 heterocycles. The van der Waals surface area contributed by atoms with Crippen LogP contribution in [0, 0.1) is 0 Å². The fraction of sp³-hybridized carbons (Fsp3) is 0.833. The zero-order valence-corrected chi connectivity index (χ0v) is 8.04. The minimum atomic E-state index is -3.54. The number of carboxylic acid groups (broad SMARTS) is 1. The van der Waals surface area contributed by atoms with Gasteiger partial charge in [0.2, 0.25) is 0 Å². The van der Waals surface area contributed by atoms with Crippen molar-refractivity contribution in [2.45, 2.75) is 19.4 Å². The number of aliphatic carboxylic acids is 1. The van der Waals surface area contributed by atoms with Crippen LogP contribution in [0.4, 0.5) is 0 Å². The summed E-state index contributed by atoms with van der Waals surface area (Å²) in [5.74, 6) is -1.14. The van der Waals surface area contributed by atoms with Crippen LogP contribution in [0.5, 0.6) is 0 Å². The average Bonchev–Trinajstić information content (AvgIpc) is 2.28. The molecule has 6 nitrogen and oxygen atoms in total. The Balaban J connectivity index is 2.74. The third-order valence-corrected chi connectivity index (χ3v) is 3.38. The number of hydrogen-bond donors (Lipinski definition) is 2. The van der Waals surface area contributed by atoms with Crippen molar-refractivity contribution in [3.63, 3.8) is 0 Å². The number of nitrogens with zero attached hydrogens (tertiary/aromatic N) is 1. The molecular weight excluding hydrogens is 196 g/mol. The lowest BCUT2D eigenvalue weighted by Crippen LogP contribution is -2.34. The third kappa shape index (κ3) is 2.17. The molecule has 76 valence electrons. The second-order valence-electron chi connectivity index (χ2n) is 2.87. The molecule has 1 atom stereocenters. The molecule has 0 aromatic rings. The second-order valence-corrected chi connectivity index (χ2v) is 4.57. The van der Waals surface area contributed by atoms with E-state index < -0.39 is 22.2 Å². The second kappa shape index (κ2) is 3.60. The van der Waals surface area contributed by atoms with Crippen LogP contribution in [0.2, 0.25) is 0 Å². The molecule has 1 saturated heterocycles. The molecule has 13 heavy (non-hydrogen) atoms. The number of carbonyl (C=O) groups is 1. The van der Waals surface area contributed by atoms with Gasteiger partial charge in [-0.05, 0) is 6.42 Å². The third-order valence-electron chi connectivity index (χ3n) is 1.79. The van der Waals surface area contributed by atoms with Gasteiger partial charge >= 0.3 is 5.97 Å². The highest BCUT2D eigenvalue weighted by molar-refractivity contribution is 7.87. The van der Waals surface area contributed by atoms with Gasteiger partial charge in [0, 0.05) is 13.1 Å². The van der Waals surface area contributed by atoms with Gasteiger partial charge in [-0.25, -0.2) is 0 Å². The lowest BCUT2D eigenvalue weighted by atomic mass is 10.3. The first kappa shape index (κ1) is 10.4. The summed E-state index contributed by atoms with van der Waals surface area (Å²) in [5, 5.41) is 8.58. The molecule has 1 fully saturated rings. The fourth-order valence-corrected chi connectivity index (χ4v) is 2.63. The molecule has 1 aliphatic heterocycles. The lowest BCUT2D eigenvalue weighted by Gasteiger charge is -2.10. The van der Waals surface area contributed by atoms with Crippen LogP contribution in [0.3, 0.4) is 0 Å². The summed E-state index contributed by atoms with van der Waals surface area (Å²) < 4.78 is 25.6. The Bertz CT molecular complexity index is 300. The van der Waals surface area contributed by atoms with Gasteiger partial charge in [-0.15, -0.1) is 0 Å². The SMILES string of the molecule is CCCN1CC(C(=O)O)NS1(=O)=O. The molecule has 0 bridgehead atoms. The van der Waals surface area contributed by atoms with Crippen molar-refractivity contribution in [2.75, 3.05) is 13.1 Å². The van der Waals surface area contributed by atoms with Crippen LogP contribution in [0.15, 0.2) is 0 Å². The standard InChI is InChI=1S/C6H12N2O4S/c1-2-3-8-4-5(6(9)10)7-13(8,11)12/h5,7H,2-4H2,1H3,(H,9,10). The average molecular weight is 208 g/mol. The highest BCUT2D eigenvalue weighted by atomic mass is 32.2.